The van der Waals surface area contributed by atoms with Crippen LogP contribution in [0.3, 0.4) is 0 Å². The molecule has 0 radical (unpaired) electrons. The van der Waals surface area contributed by atoms with Crippen LogP contribution in [0.2, 0.25) is 0 Å². The Balaban J connectivity index is 0.00000192. The quantitative estimate of drug-likeness (QED) is 0.697. The molecule has 23 heavy (non-hydrogen) atoms. The molecule has 0 unspecified atom stereocenters. The number of anilines is 1. The number of amides is 2. The molecule has 2 N–H and O–H groups in total. The average Bonchev–Trinajstić information content (AvgIpc) is 2.54. The second kappa shape index (κ2) is 7.47. The number of nitrogens with zero attached hydrogens (tertiary/aromatic N) is 2. The Bertz CT molecular complexity index is 883. The van der Waals surface area contributed by atoms with Crippen LogP contribution in [-0.4, -0.2) is 10.6 Å². The Kier molecular flexibility index (Phi) is 5.38. The zero-order valence-corrected chi connectivity index (χ0v) is 13.4. The molecule has 118 valence electrons. The summed E-state index contributed by atoms with van der Waals surface area (Å²) in [6, 6.07) is 18.9. The SMILES string of the molecule is Cl.Cn1ccccc1=NNC(=O)Nc1cccc2ccccc12. The van der Waals surface area contributed by atoms with E-state index in [0.29, 0.717) is 5.49 Å². The maximum Gasteiger partial charge on any atom is 0.339 e. The van der Waals surface area contributed by atoms with Gasteiger partial charge in [0.15, 0.2) is 5.49 Å². The minimum atomic E-state index is -0.375. The molecule has 3 aromatic rings. The third-order valence-corrected chi connectivity index (χ3v) is 3.34. The first-order valence-corrected chi connectivity index (χ1v) is 6.94. The summed E-state index contributed by atoms with van der Waals surface area (Å²) in [7, 11) is 1.86. The summed E-state index contributed by atoms with van der Waals surface area (Å²) in [6.07, 6.45) is 1.86. The lowest BCUT2D eigenvalue weighted by Crippen LogP contribution is -2.29. The number of pyridine rings is 1. The molecule has 0 bridgehead atoms. The maximum atomic E-state index is 12.0. The highest BCUT2D eigenvalue weighted by Gasteiger charge is 2.04. The van der Waals surface area contributed by atoms with Gasteiger partial charge in [-0.3, -0.25) is 0 Å². The van der Waals surface area contributed by atoms with Crippen LogP contribution in [0.5, 0.6) is 0 Å². The molecule has 0 saturated heterocycles. The van der Waals surface area contributed by atoms with Gasteiger partial charge in [0.2, 0.25) is 0 Å². The second-order valence-electron chi connectivity index (χ2n) is 4.87. The Hall–Kier alpha value is -2.79. The summed E-state index contributed by atoms with van der Waals surface area (Å²) in [5, 5.41) is 8.97. The topological polar surface area (TPSA) is 58.4 Å². The molecule has 1 aromatic heterocycles. The molecule has 1 heterocycles. The summed E-state index contributed by atoms with van der Waals surface area (Å²) in [5.41, 5.74) is 3.92. The lowest BCUT2D eigenvalue weighted by Gasteiger charge is -2.08. The fourth-order valence-electron chi connectivity index (χ4n) is 2.22. The molecule has 0 spiro atoms. The van der Waals surface area contributed by atoms with E-state index in [1.807, 2.05) is 78.5 Å². The lowest BCUT2D eigenvalue weighted by atomic mass is 10.1. The number of carbonyl (C=O) groups is 1. The molecule has 6 heteroatoms. The summed E-state index contributed by atoms with van der Waals surface area (Å²) in [5.74, 6) is 0. The van der Waals surface area contributed by atoms with Gasteiger partial charge >= 0.3 is 6.03 Å². The largest absolute Gasteiger partial charge is 0.339 e. The van der Waals surface area contributed by atoms with Gasteiger partial charge in [0.25, 0.3) is 0 Å². The normalized spacial score (nSPS) is 10.9. The van der Waals surface area contributed by atoms with Gasteiger partial charge in [-0.05, 0) is 23.6 Å². The van der Waals surface area contributed by atoms with E-state index in [0.717, 1.165) is 16.5 Å². The van der Waals surface area contributed by atoms with Crippen molar-refractivity contribution >= 4 is 34.9 Å². The maximum absolute atomic E-state index is 12.0. The summed E-state index contributed by atoms with van der Waals surface area (Å²) < 4.78 is 1.82. The van der Waals surface area contributed by atoms with Crippen molar-refractivity contribution in [1.29, 1.82) is 0 Å². The van der Waals surface area contributed by atoms with Crippen LogP contribution < -0.4 is 16.2 Å². The summed E-state index contributed by atoms with van der Waals surface area (Å²) in [6.45, 7) is 0. The molecular weight excluding hydrogens is 312 g/mol. The van der Waals surface area contributed by atoms with E-state index in [4.69, 9.17) is 0 Å². The number of aromatic nitrogens is 1. The minimum absolute atomic E-state index is 0. The number of benzene rings is 2. The van der Waals surface area contributed by atoms with Gasteiger partial charge in [0, 0.05) is 18.6 Å². The Morgan fingerprint density at radius 2 is 1.74 bits per heavy atom. The van der Waals surface area contributed by atoms with Crippen molar-refractivity contribution in [1.82, 2.24) is 9.99 Å². The van der Waals surface area contributed by atoms with E-state index in [1.54, 1.807) is 0 Å². The number of hydrogen-bond acceptors (Lipinski definition) is 2. The van der Waals surface area contributed by atoms with Crippen molar-refractivity contribution in [3.8, 4) is 0 Å². The third kappa shape index (κ3) is 3.90. The van der Waals surface area contributed by atoms with E-state index >= 15 is 0 Å². The number of aryl methyl sites for hydroxylation is 1. The molecule has 5 nitrogen and oxygen atoms in total. The van der Waals surface area contributed by atoms with Crippen LogP contribution >= 0.6 is 12.4 Å². The van der Waals surface area contributed by atoms with Gasteiger partial charge in [0.1, 0.15) is 0 Å². The first-order chi connectivity index (χ1) is 10.7. The minimum Gasteiger partial charge on any atom is -0.335 e. The molecular formula is C17H17ClN4O. The number of halogens is 1. The number of hydrogen-bond donors (Lipinski definition) is 2. The van der Waals surface area contributed by atoms with E-state index in [1.165, 1.54) is 0 Å². The predicted octanol–water partition coefficient (Wildman–Crippen LogP) is 3.24. The molecule has 0 saturated carbocycles. The monoisotopic (exact) mass is 328 g/mol. The zero-order valence-electron chi connectivity index (χ0n) is 12.6. The van der Waals surface area contributed by atoms with Crippen LogP contribution in [0.15, 0.2) is 72.0 Å². The van der Waals surface area contributed by atoms with Crippen LogP contribution in [0, 0.1) is 0 Å². The van der Waals surface area contributed by atoms with E-state index in [9.17, 15) is 4.79 Å². The van der Waals surface area contributed by atoms with Gasteiger partial charge in [-0.2, -0.15) is 5.10 Å². The van der Waals surface area contributed by atoms with Crippen molar-refractivity contribution in [2.75, 3.05) is 5.32 Å². The second-order valence-corrected chi connectivity index (χ2v) is 4.87. The highest BCUT2D eigenvalue weighted by Crippen LogP contribution is 2.22. The van der Waals surface area contributed by atoms with Crippen molar-refractivity contribution in [3.05, 3.63) is 72.3 Å². The molecule has 2 amide bonds. The highest BCUT2D eigenvalue weighted by molar-refractivity contribution is 6.01. The van der Waals surface area contributed by atoms with E-state index < -0.39 is 0 Å². The van der Waals surface area contributed by atoms with Crippen molar-refractivity contribution < 1.29 is 4.79 Å². The van der Waals surface area contributed by atoms with Crippen molar-refractivity contribution in [2.45, 2.75) is 0 Å². The van der Waals surface area contributed by atoms with Crippen LogP contribution in [0.25, 0.3) is 10.8 Å². The number of nitrogens with one attached hydrogen (secondary N) is 2. The van der Waals surface area contributed by atoms with Gasteiger partial charge in [-0.1, -0.05) is 42.5 Å². The highest BCUT2D eigenvalue weighted by atomic mass is 35.5. The molecule has 0 aliphatic carbocycles. The molecule has 3 rings (SSSR count). The molecule has 0 aliphatic heterocycles. The fraction of sp³-hybridized carbons (Fsp3) is 0.0588. The molecule has 0 aliphatic rings. The van der Waals surface area contributed by atoms with Gasteiger partial charge in [-0.15, -0.1) is 12.4 Å². The number of urea groups is 1. The number of rotatable bonds is 2. The standard InChI is InChI=1S/C17H16N4O.ClH/c1-21-12-5-4-11-16(21)19-20-17(22)18-15-10-6-8-13-7-2-3-9-14(13)15;/h2-12H,1H3,(H2,18,20,22);1H. The van der Waals surface area contributed by atoms with Gasteiger partial charge in [0.05, 0.1) is 5.69 Å². The Morgan fingerprint density at radius 1 is 1.00 bits per heavy atom. The Labute approximate surface area is 140 Å². The molecule has 2 aromatic carbocycles. The first-order valence-electron chi connectivity index (χ1n) is 6.94. The number of carbonyl (C=O) groups excluding carboxylic acids is 1. The predicted molar refractivity (Wildman–Crippen MR) is 94.3 cm³/mol. The van der Waals surface area contributed by atoms with Crippen LogP contribution in [0.1, 0.15) is 0 Å². The van der Waals surface area contributed by atoms with Crippen molar-refractivity contribution in [2.24, 2.45) is 12.1 Å². The fourth-order valence-corrected chi connectivity index (χ4v) is 2.22. The van der Waals surface area contributed by atoms with Crippen molar-refractivity contribution in [3.63, 3.8) is 0 Å². The van der Waals surface area contributed by atoms with Gasteiger partial charge < -0.3 is 9.88 Å². The molecule has 0 fully saturated rings. The summed E-state index contributed by atoms with van der Waals surface area (Å²) >= 11 is 0. The van der Waals surface area contributed by atoms with E-state index in [-0.39, 0.29) is 18.4 Å². The average molecular weight is 329 g/mol. The van der Waals surface area contributed by atoms with Gasteiger partial charge in [-0.25, -0.2) is 10.2 Å². The van der Waals surface area contributed by atoms with E-state index in [2.05, 4.69) is 15.8 Å². The van der Waals surface area contributed by atoms with Crippen LogP contribution in [0.4, 0.5) is 10.5 Å². The first kappa shape index (κ1) is 16.6. The molecule has 0 atom stereocenters. The Morgan fingerprint density at radius 3 is 2.57 bits per heavy atom. The third-order valence-electron chi connectivity index (χ3n) is 3.34. The lowest BCUT2D eigenvalue weighted by molar-refractivity contribution is 0.252. The van der Waals surface area contributed by atoms with Crippen LogP contribution in [-0.2, 0) is 7.05 Å². The number of fused-ring (bicyclic) bond motifs is 1. The zero-order chi connectivity index (χ0) is 15.4. The smallest absolute Gasteiger partial charge is 0.335 e. The summed E-state index contributed by atoms with van der Waals surface area (Å²) in [4.78, 5) is 12.0.